The van der Waals surface area contributed by atoms with E-state index in [0.717, 1.165) is 11.1 Å². The number of aryl methyl sites for hydroxylation is 2. The fraction of sp³-hybridized carbons (Fsp3) is 0.316. The summed E-state index contributed by atoms with van der Waals surface area (Å²) in [7, 11) is 0. The number of carboxylic acids is 2. The van der Waals surface area contributed by atoms with Crippen molar-refractivity contribution in [2.75, 3.05) is 0 Å². The maximum Gasteiger partial charge on any atom is 0.336 e. The van der Waals surface area contributed by atoms with E-state index in [1.54, 1.807) is 0 Å². The standard InChI is InChI=1S/C38H38O6/c1-21-11-7-9-13-23(21)31-27(17-37(3,4)19-29(31)39)33-25(35(41)42)15-16-26(36(43)44)34(33)28-18-38(5,6)20-30(40)32(28)24-14-10-8-12-22(24)2/h7-16H,17-20H2,1-6H3,(H,41,42)(H,43,44). The lowest BCUT2D eigenvalue weighted by molar-refractivity contribution is -0.116. The van der Waals surface area contributed by atoms with Gasteiger partial charge < -0.3 is 10.2 Å². The van der Waals surface area contributed by atoms with Gasteiger partial charge in [-0.15, -0.1) is 0 Å². The number of aromatic carboxylic acids is 2. The molecule has 0 saturated heterocycles. The number of ketones is 2. The van der Waals surface area contributed by atoms with Gasteiger partial charge in [-0.25, -0.2) is 9.59 Å². The molecule has 226 valence electrons. The van der Waals surface area contributed by atoms with E-state index in [0.29, 0.717) is 46.3 Å². The Hall–Kier alpha value is -4.58. The first-order chi connectivity index (χ1) is 20.6. The molecule has 0 aliphatic heterocycles. The van der Waals surface area contributed by atoms with Crippen molar-refractivity contribution in [2.45, 2.75) is 67.2 Å². The monoisotopic (exact) mass is 590 g/mol. The molecular weight excluding hydrogens is 552 g/mol. The van der Waals surface area contributed by atoms with E-state index in [1.165, 1.54) is 12.1 Å². The van der Waals surface area contributed by atoms with Crippen LogP contribution in [0, 0.1) is 24.7 Å². The minimum atomic E-state index is -1.23. The number of hydrogen-bond acceptors (Lipinski definition) is 4. The molecular formula is C38H38O6. The summed E-state index contributed by atoms with van der Waals surface area (Å²) in [6, 6.07) is 17.6. The second kappa shape index (κ2) is 11.2. The Bertz CT molecular complexity index is 1680. The van der Waals surface area contributed by atoms with Gasteiger partial charge in [0.05, 0.1) is 11.1 Å². The van der Waals surface area contributed by atoms with Gasteiger partial charge in [0, 0.05) is 35.1 Å². The molecule has 3 aromatic rings. The van der Waals surface area contributed by atoms with Crippen LogP contribution in [-0.2, 0) is 9.59 Å². The smallest absolute Gasteiger partial charge is 0.336 e. The molecule has 0 aromatic heterocycles. The first-order valence-corrected chi connectivity index (χ1v) is 14.9. The number of Topliss-reactive ketones (excluding diaryl/α,β-unsaturated/α-hetero) is 2. The second-order valence-corrected chi connectivity index (χ2v) is 13.7. The van der Waals surface area contributed by atoms with Crippen molar-refractivity contribution in [1.82, 2.24) is 0 Å². The van der Waals surface area contributed by atoms with E-state index in [9.17, 15) is 29.4 Å². The number of hydrogen-bond donors (Lipinski definition) is 2. The molecule has 2 aliphatic rings. The van der Waals surface area contributed by atoms with E-state index in [4.69, 9.17) is 0 Å². The van der Waals surface area contributed by atoms with Crippen LogP contribution in [0.4, 0.5) is 0 Å². The van der Waals surface area contributed by atoms with Crippen LogP contribution >= 0.6 is 0 Å². The Morgan fingerprint density at radius 2 is 0.909 bits per heavy atom. The van der Waals surface area contributed by atoms with Crippen LogP contribution in [0.5, 0.6) is 0 Å². The predicted octanol–water partition coefficient (Wildman–Crippen LogP) is 8.30. The van der Waals surface area contributed by atoms with Gasteiger partial charge >= 0.3 is 11.9 Å². The first kappa shape index (κ1) is 30.9. The largest absolute Gasteiger partial charge is 0.478 e. The van der Waals surface area contributed by atoms with E-state index in [2.05, 4.69) is 0 Å². The first-order valence-electron chi connectivity index (χ1n) is 14.9. The molecule has 2 aliphatic carbocycles. The third-order valence-corrected chi connectivity index (χ3v) is 8.85. The Balaban J connectivity index is 2.05. The molecule has 0 fully saturated rings. The number of carboxylic acid groups (broad SMARTS) is 2. The summed E-state index contributed by atoms with van der Waals surface area (Å²) in [5.74, 6) is -2.71. The second-order valence-electron chi connectivity index (χ2n) is 13.7. The number of benzene rings is 3. The fourth-order valence-electron chi connectivity index (χ4n) is 6.99. The zero-order chi connectivity index (χ0) is 32.1. The molecule has 3 aromatic carbocycles. The van der Waals surface area contributed by atoms with Crippen molar-refractivity contribution < 1.29 is 29.4 Å². The fourth-order valence-corrected chi connectivity index (χ4v) is 6.99. The van der Waals surface area contributed by atoms with E-state index in [1.807, 2.05) is 90.1 Å². The molecule has 0 atom stereocenters. The van der Waals surface area contributed by atoms with Crippen LogP contribution in [0.3, 0.4) is 0 Å². The minimum absolute atomic E-state index is 0.0935. The van der Waals surface area contributed by atoms with Gasteiger partial charge in [0.25, 0.3) is 0 Å². The summed E-state index contributed by atoms with van der Waals surface area (Å²) in [4.78, 5) is 54.0. The molecule has 6 nitrogen and oxygen atoms in total. The van der Waals surface area contributed by atoms with Crippen molar-refractivity contribution in [3.63, 3.8) is 0 Å². The Labute approximate surface area is 258 Å². The summed E-state index contributed by atoms with van der Waals surface area (Å²) < 4.78 is 0. The van der Waals surface area contributed by atoms with Gasteiger partial charge in [-0.1, -0.05) is 76.2 Å². The molecule has 0 heterocycles. The molecule has 5 rings (SSSR count). The van der Waals surface area contributed by atoms with Gasteiger partial charge in [0.2, 0.25) is 0 Å². The third-order valence-electron chi connectivity index (χ3n) is 8.85. The number of allylic oxidation sites excluding steroid dienone is 4. The van der Waals surface area contributed by atoms with E-state index < -0.39 is 22.8 Å². The lowest BCUT2D eigenvalue weighted by Gasteiger charge is -2.37. The summed E-state index contributed by atoms with van der Waals surface area (Å²) in [5, 5.41) is 21.2. The molecule has 0 spiro atoms. The van der Waals surface area contributed by atoms with Crippen molar-refractivity contribution in [3.05, 3.63) is 105 Å². The normalized spacial score (nSPS) is 18.0. The highest BCUT2D eigenvalue weighted by molar-refractivity contribution is 6.33. The van der Waals surface area contributed by atoms with Crippen LogP contribution in [-0.4, -0.2) is 33.7 Å². The molecule has 0 radical (unpaired) electrons. The van der Waals surface area contributed by atoms with Crippen LogP contribution in [0.1, 0.15) is 107 Å². The van der Waals surface area contributed by atoms with Crippen molar-refractivity contribution in [1.29, 1.82) is 0 Å². The van der Waals surface area contributed by atoms with Gasteiger partial charge in [-0.3, -0.25) is 9.59 Å². The maximum atomic E-state index is 14.0. The Kier molecular flexibility index (Phi) is 7.83. The molecule has 44 heavy (non-hydrogen) atoms. The molecule has 0 bridgehead atoms. The maximum absolute atomic E-state index is 14.0. The predicted molar refractivity (Wildman–Crippen MR) is 172 cm³/mol. The van der Waals surface area contributed by atoms with Crippen molar-refractivity contribution >= 4 is 45.8 Å². The average Bonchev–Trinajstić information content (AvgIpc) is 2.92. The summed E-state index contributed by atoms with van der Waals surface area (Å²) in [6.07, 6.45) is 1.23. The molecule has 0 unspecified atom stereocenters. The highest BCUT2D eigenvalue weighted by Gasteiger charge is 2.41. The van der Waals surface area contributed by atoms with Crippen molar-refractivity contribution in [2.24, 2.45) is 10.8 Å². The van der Waals surface area contributed by atoms with E-state index >= 15 is 0 Å². The summed E-state index contributed by atoms with van der Waals surface area (Å²) >= 11 is 0. The summed E-state index contributed by atoms with van der Waals surface area (Å²) in [6.45, 7) is 11.7. The van der Waals surface area contributed by atoms with Gasteiger partial charge in [0.1, 0.15) is 0 Å². The van der Waals surface area contributed by atoms with E-state index in [-0.39, 0.29) is 46.7 Å². The van der Waals surface area contributed by atoms with Crippen LogP contribution < -0.4 is 0 Å². The quantitative estimate of drug-likeness (QED) is 0.299. The SMILES string of the molecule is Cc1ccccc1C1=C(c2c(C(=O)O)ccc(C(=O)O)c2C2=C(c3ccccc3C)C(=O)CC(C)(C)C2)CC(C)(C)CC1=O. The topological polar surface area (TPSA) is 109 Å². The number of rotatable bonds is 6. The number of carbonyl (C=O) groups excluding carboxylic acids is 2. The van der Waals surface area contributed by atoms with Crippen LogP contribution in [0.25, 0.3) is 22.3 Å². The Morgan fingerprint density at radius 3 is 1.23 bits per heavy atom. The van der Waals surface area contributed by atoms with Crippen LogP contribution in [0.2, 0.25) is 0 Å². The third kappa shape index (κ3) is 5.57. The molecule has 6 heteroatoms. The summed E-state index contributed by atoms with van der Waals surface area (Å²) in [5.41, 5.74) is 4.13. The average molecular weight is 591 g/mol. The highest BCUT2D eigenvalue weighted by atomic mass is 16.4. The zero-order valence-electron chi connectivity index (χ0n) is 26.1. The van der Waals surface area contributed by atoms with Crippen molar-refractivity contribution in [3.8, 4) is 0 Å². The Morgan fingerprint density at radius 1 is 0.568 bits per heavy atom. The lowest BCUT2D eigenvalue weighted by Crippen LogP contribution is -2.28. The lowest BCUT2D eigenvalue weighted by atomic mass is 9.65. The zero-order valence-corrected chi connectivity index (χ0v) is 26.1. The number of carbonyl (C=O) groups is 4. The molecule has 0 amide bonds. The van der Waals surface area contributed by atoms with Gasteiger partial charge in [0.15, 0.2) is 11.6 Å². The van der Waals surface area contributed by atoms with Gasteiger partial charge in [-0.2, -0.15) is 0 Å². The highest BCUT2D eigenvalue weighted by Crippen LogP contribution is 2.52. The molecule has 0 saturated carbocycles. The van der Waals surface area contributed by atoms with Gasteiger partial charge in [-0.05, 0) is 83.1 Å². The van der Waals surface area contributed by atoms with Crippen LogP contribution in [0.15, 0.2) is 60.7 Å². The molecule has 2 N–H and O–H groups in total. The minimum Gasteiger partial charge on any atom is -0.478 e.